The molecule has 0 aromatic heterocycles. The number of ether oxygens (including phenoxy) is 1. The van der Waals surface area contributed by atoms with Gasteiger partial charge in [-0.05, 0) is 37.9 Å². The number of hydrogen-bond donors (Lipinski definition) is 1. The molecule has 1 aromatic rings. The first-order chi connectivity index (χ1) is 9.67. The number of nitrogens with zero attached hydrogens (tertiary/aromatic N) is 2. The molecule has 2 fully saturated rings. The average molecular weight is 275 g/mol. The first kappa shape index (κ1) is 13.7. The minimum Gasteiger partial charge on any atom is -0.497 e. The van der Waals surface area contributed by atoms with Gasteiger partial charge in [-0.1, -0.05) is 6.07 Å². The molecule has 0 saturated carbocycles. The Balaban J connectivity index is 1.70. The van der Waals surface area contributed by atoms with Crippen LogP contribution in [0.2, 0.25) is 0 Å². The van der Waals surface area contributed by atoms with Gasteiger partial charge in [-0.2, -0.15) is 0 Å². The summed E-state index contributed by atoms with van der Waals surface area (Å²) >= 11 is 0. The molecule has 2 aliphatic heterocycles. The van der Waals surface area contributed by atoms with Gasteiger partial charge in [0.1, 0.15) is 5.75 Å². The first-order valence-electron chi connectivity index (χ1n) is 7.58. The van der Waals surface area contributed by atoms with Crippen LogP contribution >= 0.6 is 0 Å². The largest absolute Gasteiger partial charge is 0.497 e. The number of nitrogen functional groups attached to an aromatic ring is 1. The summed E-state index contributed by atoms with van der Waals surface area (Å²) in [5.41, 5.74) is 8.20. The number of rotatable bonds is 3. The standard InChI is InChI=1S/C16H25N3O/c1-12-9-18-7-3-4-14(18)11-19(12)10-13-5-6-15(20-2)8-16(13)17/h5-6,8,12,14H,3-4,7,9-11,17H2,1-2H3. The van der Waals surface area contributed by atoms with Crippen molar-refractivity contribution in [1.29, 1.82) is 0 Å². The Morgan fingerprint density at radius 2 is 2.20 bits per heavy atom. The number of benzene rings is 1. The Bertz CT molecular complexity index is 477. The van der Waals surface area contributed by atoms with E-state index < -0.39 is 0 Å². The van der Waals surface area contributed by atoms with Gasteiger partial charge in [-0.15, -0.1) is 0 Å². The van der Waals surface area contributed by atoms with Gasteiger partial charge in [0.15, 0.2) is 0 Å². The summed E-state index contributed by atoms with van der Waals surface area (Å²) in [4.78, 5) is 5.23. The molecule has 20 heavy (non-hydrogen) atoms. The maximum atomic E-state index is 6.15. The molecule has 4 heteroatoms. The van der Waals surface area contributed by atoms with Crippen molar-refractivity contribution in [2.24, 2.45) is 0 Å². The number of fused-ring (bicyclic) bond motifs is 1. The highest BCUT2D eigenvalue weighted by Gasteiger charge is 2.34. The van der Waals surface area contributed by atoms with Gasteiger partial charge in [0.2, 0.25) is 0 Å². The van der Waals surface area contributed by atoms with Crippen molar-refractivity contribution in [1.82, 2.24) is 9.80 Å². The zero-order valence-electron chi connectivity index (χ0n) is 12.5. The molecule has 2 atom stereocenters. The van der Waals surface area contributed by atoms with E-state index in [0.29, 0.717) is 6.04 Å². The van der Waals surface area contributed by atoms with E-state index in [9.17, 15) is 0 Å². The summed E-state index contributed by atoms with van der Waals surface area (Å²) in [6.07, 6.45) is 2.71. The van der Waals surface area contributed by atoms with Gasteiger partial charge in [-0.3, -0.25) is 9.80 Å². The average Bonchev–Trinajstić information content (AvgIpc) is 2.88. The predicted octanol–water partition coefficient (Wildman–Crippen LogP) is 1.95. The SMILES string of the molecule is COc1ccc(CN2CC3CCCN3CC2C)c(N)c1. The molecular formula is C16H25N3O. The quantitative estimate of drug-likeness (QED) is 0.856. The van der Waals surface area contributed by atoms with Crippen molar-refractivity contribution in [3.8, 4) is 5.75 Å². The Labute approximate surface area is 121 Å². The molecule has 110 valence electrons. The summed E-state index contributed by atoms with van der Waals surface area (Å²) in [7, 11) is 1.68. The lowest BCUT2D eigenvalue weighted by atomic mass is 10.1. The third-order valence-electron chi connectivity index (χ3n) is 4.79. The number of hydrogen-bond acceptors (Lipinski definition) is 4. The maximum Gasteiger partial charge on any atom is 0.120 e. The molecule has 0 radical (unpaired) electrons. The molecule has 2 saturated heterocycles. The van der Waals surface area contributed by atoms with Crippen LogP contribution in [-0.2, 0) is 6.54 Å². The van der Waals surface area contributed by atoms with Crippen LogP contribution in [-0.4, -0.2) is 48.6 Å². The van der Waals surface area contributed by atoms with Crippen LogP contribution in [0, 0.1) is 0 Å². The van der Waals surface area contributed by atoms with Crippen LogP contribution < -0.4 is 10.5 Å². The highest BCUT2D eigenvalue weighted by atomic mass is 16.5. The zero-order chi connectivity index (χ0) is 14.1. The molecule has 2 aliphatic rings. The highest BCUT2D eigenvalue weighted by Crippen LogP contribution is 2.27. The van der Waals surface area contributed by atoms with Crippen LogP contribution in [0.5, 0.6) is 5.75 Å². The monoisotopic (exact) mass is 275 g/mol. The van der Waals surface area contributed by atoms with E-state index in [0.717, 1.165) is 24.0 Å². The van der Waals surface area contributed by atoms with E-state index in [1.165, 1.54) is 38.0 Å². The zero-order valence-corrected chi connectivity index (χ0v) is 12.5. The van der Waals surface area contributed by atoms with Crippen LogP contribution in [0.4, 0.5) is 5.69 Å². The molecule has 0 amide bonds. The Hall–Kier alpha value is -1.26. The predicted molar refractivity (Wildman–Crippen MR) is 81.9 cm³/mol. The topological polar surface area (TPSA) is 41.7 Å². The van der Waals surface area contributed by atoms with Crippen molar-refractivity contribution in [2.45, 2.75) is 38.4 Å². The van der Waals surface area contributed by atoms with Crippen molar-refractivity contribution < 1.29 is 4.74 Å². The normalized spacial score (nSPS) is 27.5. The van der Waals surface area contributed by atoms with E-state index >= 15 is 0 Å². The lowest BCUT2D eigenvalue weighted by Crippen LogP contribution is -2.54. The second-order valence-electron chi connectivity index (χ2n) is 6.13. The van der Waals surface area contributed by atoms with Crippen LogP contribution in [0.15, 0.2) is 18.2 Å². The minimum atomic E-state index is 0.603. The summed E-state index contributed by atoms with van der Waals surface area (Å²) in [5.74, 6) is 0.833. The number of methoxy groups -OCH3 is 1. The second kappa shape index (κ2) is 5.62. The van der Waals surface area contributed by atoms with Crippen molar-refractivity contribution in [2.75, 3.05) is 32.5 Å². The van der Waals surface area contributed by atoms with Crippen LogP contribution in [0.3, 0.4) is 0 Å². The van der Waals surface area contributed by atoms with Crippen molar-refractivity contribution in [3.05, 3.63) is 23.8 Å². The van der Waals surface area contributed by atoms with Crippen molar-refractivity contribution in [3.63, 3.8) is 0 Å². The minimum absolute atomic E-state index is 0.603. The molecule has 3 rings (SSSR count). The van der Waals surface area contributed by atoms with Gasteiger partial charge < -0.3 is 10.5 Å². The van der Waals surface area contributed by atoms with E-state index in [2.05, 4.69) is 22.8 Å². The molecule has 0 bridgehead atoms. The Morgan fingerprint density at radius 3 is 2.95 bits per heavy atom. The third-order valence-corrected chi connectivity index (χ3v) is 4.79. The first-order valence-corrected chi connectivity index (χ1v) is 7.58. The third kappa shape index (κ3) is 2.63. The molecule has 1 aromatic carbocycles. The molecule has 2 unspecified atom stereocenters. The van der Waals surface area contributed by atoms with E-state index in [-0.39, 0.29) is 0 Å². The number of anilines is 1. The maximum absolute atomic E-state index is 6.15. The second-order valence-corrected chi connectivity index (χ2v) is 6.13. The van der Waals surface area contributed by atoms with E-state index in [4.69, 9.17) is 10.5 Å². The van der Waals surface area contributed by atoms with Gasteiger partial charge in [-0.25, -0.2) is 0 Å². The van der Waals surface area contributed by atoms with Gasteiger partial charge >= 0.3 is 0 Å². The summed E-state index contributed by atoms with van der Waals surface area (Å²) in [6.45, 7) is 6.93. The lowest BCUT2D eigenvalue weighted by molar-refractivity contribution is 0.0542. The summed E-state index contributed by atoms with van der Waals surface area (Å²) in [6, 6.07) is 7.38. The fraction of sp³-hybridized carbons (Fsp3) is 0.625. The number of piperazine rings is 1. The molecule has 2 N–H and O–H groups in total. The summed E-state index contributed by atoms with van der Waals surface area (Å²) in [5, 5.41) is 0. The van der Waals surface area contributed by atoms with Crippen molar-refractivity contribution >= 4 is 5.69 Å². The lowest BCUT2D eigenvalue weighted by Gasteiger charge is -2.42. The van der Waals surface area contributed by atoms with E-state index in [1.54, 1.807) is 7.11 Å². The Morgan fingerprint density at radius 1 is 1.35 bits per heavy atom. The number of nitrogens with two attached hydrogens (primary N) is 1. The highest BCUT2D eigenvalue weighted by molar-refractivity contribution is 5.51. The molecule has 2 heterocycles. The van der Waals surface area contributed by atoms with Gasteiger partial charge in [0.25, 0.3) is 0 Å². The summed E-state index contributed by atoms with van der Waals surface area (Å²) < 4.78 is 5.22. The fourth-order valence-corrected chi connectivity index (χ4v) is 3.53. The fourth-order valence-electron chi connectivity index (χ4n) is 3.53. The molecule has 0 spiro atoms. The molecule has 4 nitrogen and oxygen atoms in total. The van der Waals surface area contributed by atoms with Gasteiger partial charge in [0.05, 0.1) is 7.11 Å². The smallest absolute Gasteiger partial charge is 0.120 e. The van der Waals surface area contributed by atoms with Crippen LogP contribution in [0.1, 0.15) is 25.3 Å². The Kier molecular flexibility index (Phi) is 3.85. The van der Waals surface area contributed by atoms with E-state index in [1.807, 2.05) is 12.1 Å². The van der Waals surface area contributed by atoms with Gasteiger partial charge in [0, 0.05) is 43.5 Å². The molecule has 0 aliphatic carbocycles. The molecular weight excluding hydrogens is 250 g/mol. The van der Waals surface area contributed by atoms with Crippen LogP contribution in [0.25, 0.3) is 0 Å².